The maximum absolute atomic E-state index is 12.7. The van der Waals surface area contributed by atoms with Crippen molar-refractivity contribution in [1.82, 2.24) is 19.8 Å². The minimum Gasteiger partial charge on any atom is -0.481 e. The second-order valence-electron chi connectivity index (χ2n) is 11.3. The molecule has 4 aliphatic rings. The molecule has 2 saturated heterocycles. The van der Waals surface area contributed by atoms with E-state index in [4.69, 9.17) is 20.4 Å². The highest BCUT2D eigenvalue weighted by Crippen LogP contribution is 2.56. The average molecular weight is 576 g/mol. The second kappa shape index (κ2) is 12.9. The number of carbonyl (C=O) groups is 5. The highest BCUT2D eigenvalue weighted by atomic mass is 16.4. The molecule has 4 fully saturated rings. The number of anilines is 1. The molecule has 2 bridgehead atoms. The number of carboxylic acids is 3. The minimum atomic E-state index is -2.74. The Morgan fingerprint density at radius 1 is 0.829 bits per heavy atom. The molecule has 41 heavy (non-hydrogen) atoms. The zero-order valence-corrected chi connectivity index (χ0v) is 22.8. The van der Waals surface area contributed by atoms with E-state index in [1.54, 1.807) is 17.3 Å². The lowest BCUT2D eigenvalue weighted by Gasteiger charge is -2.34. The van der Waals surface area contributed by atoms with Gasteiger partial charge in [0, 0.05) is 45.1 Å². The minimum absolute atomic E-state index is 0.0273. The number of fused-ring (bicyclic) bond motifs is 5. The standard InChI is InChI=1S/C21H29N5O2.C6H8O7/c27-19-17-15-4-5-16(14-15)18(17)20(28)26(19)9-2-1-8-24-10-12-25(13-11-24)21-22-6-3-7-23-21;7-3(8)1-6(13,5(11)12)2-4(9)10/h3,6-7,15-18H,1-2,4-5,8-14H2;13H,1-2H2,(H,7,8)(H,9,10)(H,11,12)/t15-,16+,17-,18+;. The van der Waals surface area contributed by atoms with E-state index in [0.29, 0.717) is 18.4 Å². The van der Waals surface area contributed by atoms with Gasteiger partial charge in [-0.1, -0.05) is 0 Å². The van der Waals surface area contributed by atoms with Crippen LogP contribution in [0.15, 0.2) is 18.5 Å². The topological polar surface area (TPSA) is 202 Å². The highest BCUT2D eigenvalue weighted by Gasteiger charge is 2.60. The van der Waals surface area contributed by atoms with Gasteiger partial charge in [-0.15, -0.1) is 0 Å². The smallest absolute Gasteiger partial charge is 0.336 e. The Morgan fingerprint density at radius 3 is 1.83 bits per heavy atom. The third-order valence-corrected chi connectivity index (χ3v) is 8.62. The van der Waals surface area contributed by atoms with Gasteiger partial charge in [-0.3, -0.25) is 29.0 Å². The lowest BCUT2D eigenvalue weighted by Crippen LogP contribution is -2.47. The summed E-state index contributed by atoms with van der Waals surface area (Å²) in [6.45, 7) is 5.54. The van der Waals surface area contributed by atoms with Crippen LogP contribution < -0.4 is 4.90 Å². The predicted molar refractivity (Wildman–Crippen MR) is 142 cm³/mol. The average Bonchev–Trinajstić information content (AvgIpc) is 3.61. The number of imide groups is 1. The van der Waals surface area contributed by atoms with Gasteiger partial charge in [0.15, 0.2) is 5.60 Å². The molecule has 14 nitrogen and oxygen atoms in total. The van der Waals surface area contributed by atoms with Gasteiger partial charge in [-0.2, -0.15) is 0 Å². The van der Waals surface area contributed by atoms with E-state index in [1.165, 1.54) is 0 Å². The SMILES string of the molecule is O=C(O)CC(O)(CC(=O)O)C(=O)O.O=C1[C@@H]2[C@@H]3CC[C@@H](C3)[C@@H]2C(=O)N1CCCCN1CCN(c2ncccn2)CC1. The third kappa shape index (κ3) is 6.99. The Kier molecular flexibility index (Phi) is 9.53. The van der Waals surface area contributed by atoms with Crippen LogP contribution in [0.5, 0.6) is 0 Å². The summed E-state index contributed by atoms with van der Waals surface area (Å²) < 4.78 is 0. The molecular formula is C27H37N5O9. The number of piperazine rings is 1. The Labute approximate surface area is 237 Å². The Balaban J connectivity index is 0.000000254. The summed E-state index contributed by atoms with van der Waals surface area (Å²) in [5.74, 6) is -2.90. The van der Waals surface area contributed by atoms with Crippen LogP contribution in [0.25, 0.3) is 0 Å². The molecule has 224 valence electrons. The van der Waals surface area contributed by atoms with E-state index in [1.807, 2.05) is 6.07 Å². The number of aromatic nitrogens is 2. The number of hydrogen-bond acceptors (Lipinski definition) is 10. The van der Waals surface area contributed by atoms with Crippen molar-refractivity contribution in [1.29, 1.82) is 0 Å². The summed E-state index contributed by atoms with van der Waals surface area (Å²) in [5, 5.41) is 33.8. The fourth-order valence-corrected chi connectivity index (χ4v) is 6.64. The summed E-state index contributed by atoms with van der Waals surface area (Å²) in [5.41, 5.74) is -2.74. The third-order valence-electron chi connectivity index (χ3n) is 8.62. The van der Waals surface area contributed by atoms with E-state index < -0.39 is 36.4 Å². The predicted octanol–water partition coefficient (Wildman–Crippen LogP) is 0.161. The van der Waals surface area contributed by atoms with Gasteiger partial charge in [0.1, 0.15) is 0 Å². The number of carbonyl (C=O) groups excluding carboxylic acids is 2. The van der Waals surface area contributed by atoms with Gasteiger partial charge in [0.25, 0.3) is 0 Å². The van der Waals surface area contributed by atoms with E-state index in [9.17, 15) is 24.0 Å². The van der Waals surface area contributed by atoms with Crippen molar-refractivity contribution in [2.75, 3.05) is 44.2 Å². The molecule has 4 N–H and O–H groups in total. The van der Waals surface area contributed by atoms with E-state index in [0.717, 1.165) is 70.8 Å². The van der Waals surface area contributed by atoms with Gasteiger partial charge in [-0.05, 0) is 56.6 Å². The van der Waals surface area contributed by atoms with E-state index >= 15 is 0 Å². The Morgan fingerprint density at radius 2 is 1.34 bits per heavy atom. The van der Waals surface area contributed by atoms with Gasteiger partial charge in [0.05, 0.1) is 24.7 Å². The lowest BCUT2D eigenvalue weighted by atomic mass is 9.81. The van der Waals surface area contributed by atoms with Crippen molar-refractivity contribution >= 4 is 35.7 Å². The van der Waals surface area contributed by atoms with Crippen LogP contribution in [0.4, 0.5) is 5.95 Å². The number of nitrogens with zero attached hydrogens (tertiary/aromatic N) is 5. The van der Waals surface area contributed by atoms with Crippen molar-refractivity contribution in [3.8, 4) is 0 Å². The van der Waals surface area contributed by atoms with Crippen LogP contribution in [0, 0.1) is 23.7 Å². The quantitative estimate of drug-likeness (QED) is 0.205. The number of carboxylic acid groups (broad SMARTS) is 3. The fourth-order valence-electron chi connectivity index (χ4n) is 6.64. The zero-order valence-electron chi connectivity index (χ0n) is 22.8. The van der Waals surface area contributed by atoms with Crippen LogP contribution in [-0.4, -0.2) is 115 Å². The van der Waals surface area contributed by atoms with Crippen molar-refractivity contribution < 1.29 is 44.4 Å². The van der Waals surface area contributed by atoms with Gasteiger partial charge >= 0.3 is 17.9 Å². The van der Waals surface area contributed by atoms with E-state index in [2.05, 4.69) is 19.8 Å². The molecule has 0 spiro atoms. The highest BCUT2D eigenvalue weighted by molar-refractivity contribution is 6.06. The lowest BCUT2D eigenvalue weighted by molar-refractivity contribution is -0.170. The fraction of sp³-hybridized carbons (Fsp3) is 0.667. The molecule has 0 radical (unpaired) electrons. The molecule has 2 aliphatic heterocycles. The molecule has 1 aromatic heterocycles. The number of amides is 2. The first-order valence-electron chi connectivity index (χ1n) is 14.0. The Hall–Kier alpha value is -3.65. The van der Waals surface area contributed by atoms with E-state index in [-0.39, 0.29) is 23.7 Å². The monoisotopic (exact) mass is 575 g/mol. The van der Waals surface area contributed by atoms with Gasteiger partial charge < -0.3 is 25.3 Å². The molecule has 3 heterocycles. The molecule has 0 aromatic carbocycles. The second-order valence-corrected chi connectivity index (χ2v) is 11.3. The molecule has 0 unspecified atom stereocenters. The number of likely N-dealkylation sites (tertiary alicyclic amines) is 1. The largest absolute Gasteiger partial charge is 0.481 e. The zero-order chi connectivity index (χ0) is 29.7. The number of aliphatic hydroxyl groups is 1. The molecule has 2 aliphatic carbocycles. The number of hydrogen-bond donors (Lipinski definition) is 4. The first-order chi connectivity index (χ1) is 19.5. The molecule has 4 atom stereocenters. The summed E-state index contributed by atoms with van der Waals surface area (Å²) >= 11 is 0. The first-order valence-corrected chi connectivity index (χ1v) is 14.0. The van der Waals surface area contributed by atoms with Gasteiger partial charge in [0.2, 0.25) is 17.8 Å². The van der Waals surface area contributed by atoms with Crippen LogP contribution in [0.1, 0.15) is 44.9 Å². The normalized spacial score (nSPS) is 25.6. The number of rotatable bonds is 11. The van der Waals surface area contributed by atoms with Crippen LogP contribution in [0.2, 0.25) is 0 Å². The molecule has 1 aromatic rings. The van der Waals surface area contributed by atoms with Crippen molar-refractivity contribution in [3.63, 3.8) is 0 Å². The molecule has 2 saturated carbocycles. The van der Waals surface area contributed by atoms with Crippen LogP contribution in [-0.2, 0) is 24.0 Å². The molecule has 14 heteroatoms. The first kappa shape index (κ1) is 30.3. The summed E-state index contributed by atoms with van der Waals surface area (Å²) in [4.78, 5) is 70.9. The molecular weight excluding hydrogens is 538 g/mol. The Bertz CT molecular complexity index is 1100. The molecule has 2 amide bonds. The maximum Gasteiger partial charge on any atom is 0.336 e. The van der Waals surface area contributed by atoms with Crippen molar-refractivity contribution in [2.24, 2.45) is 23.7 Å². The summed E-state index contributed by atoms with van der Waals surface area (Å²) in [7, 11) is 0. The number of unbranched alkanes of at least 4 members (excludes halogenated alkanes) is 1. The maximum atomic E-state index is 12.7. The molecule has 5 rings (SSSR count). The van der Waals surface area contributed by atoms with Gasteiger partial charge in [-0.25, -0.2) is 14.8 Å². The number of aliphatic carboxylic acids is 3. The van der Waals surface area contributed by atoms with Crippen molar-refractivity contribution in [3.05, 3.63) is 18.5 Å². The van der Waals surface area contributed by atoms with Crippen LogP contribution in [0.3, 0.4) is 0 Å². The summed E-state index contributed by atoms with van der Waals surface area (Å²) in [6.07, 6.45) is 6.64. The van der Waals surface area contributed by atoms with Crippen molar-refractivity contribution in [2.45, 2.75) is 50.5 Å². The van der Waals surface area contributed by atoms with Crippen LogP contribution >= 0.6 is 0 Å². The summed E-state index contributed by atoms with van der Waals surface area (Å²) in [6, 6.07) is 1.84.